The Kier molecular flexibility index (Phi) is 5.06. The molecule has 2 aromatic rings. The van der Waals surface area contributed by atoms with Crippen LogP contribution >= 0.6 is 0 Å². The van der Waals surface area contributed by atoms with Gasteiger partial charge in [-0.2, -0.15) is 0 Å². The molecule has 0 aromatic heterocycles. The number of nitro groups is 1. The van der Waals surface area contributed by atoms with Crippen molar-refractivity contribution in [1.82, 2.24) is 0 Å². The third kappa shape index (κ3) is 3.77. The molecule has 0 saturated heterocycles. The summed E-state index contributed by atoms with van der Waals surface area (Å²) in [4.78, 5) is 23.0. The SMILES string of the molecule is CC(C)c1ccc(COC(=O)c2cc3c(cc2[N+](=O)[O-])OCCO3)cc1. The van der Waals surface area contributed by atoms with Crippen LogP contribution in [-0.4, -0.2) is 24.1 Å². The molecule has 3 rings (SSSR count). The van der Waals surface area contributed by atoms with Crippen molar-refractivity contribution in [2.75, 3.05) is 13.2 Å². The highest BCUT2D eigenvalue weighted by molar-refractivity contribution is 5.95. The molecule has 0 spiro atoms. The minimum absolute atomic E-state index is 0.0306. The lowest BCUT2D eigenvalue weighted by Crippen LogP contribution is -2.17. The van der Waals surface area contributed by atoms with Crippen molar-refractivity contribution in [3.8, 4) is 11.5 Å². The van der Waals surface area contributed by atoms with E-state index < -0.39 is 10.9 Å². The van der Waals surface area contributed by atoms with Crippen LogP contribution in [0.15, 0.2) is 36.4 Å². The molecule has 136 valence electrons. The van der Waals surface area contributed by atoms with E-state index in [-0.39, 0.29) is 23.6 Å². The van der Waals surface area contributed by atoms with Gasteiger partial charge in [0, 0.05) is 6.07 Å². The predicted molar refractivity (Wildman–Crippen MR) is 93.7 cm³/mol. The third-order valence-corrected chi connectivity index (χ3v) is 4.09. The Hall–Kier alpha value is -3.09. The normalized spacial score (nSPS) is 12.7. The van der Waals surface area contributed by atoms with E-state index in [0.717, 1.165) is 5.56 Å². The average Bonchev–Trinajstić information content (AvgIpc) is 2.65. The smallest absolute Gasteiger partial charge is 0.345 e. The standard InChI is InChI=1S/C19H19NO6/c1-12(2)14-5-3-13(4-6-14)11-26-19(21)15-9-17-18(25-8-7-24-17)10-16(15)20(22)23/h3-6,9-10,12H,7-8,11H2,1-2H3. The summed E-state index contributed by atoms with van der Waals surface area (Å²) in [6, 6.07) is 10.2. The first kappa shape index (κ1) is 17.7. The fourth-order valence-electron chi connectivity index (χ4n) is 2.62. The lowest BCUT2D eigenvalue weighted by atomic mass is 10.0. The second-order valence-electron chi connectivity index (χ2n) is 6.24. The molecule has 7 nitrogen and oxygen atoms in total. The Balaban J connectivity index is 1.77. The number of benzene rings is 2. The van der Waals surface area contributed by atoms with Gasteiger partial charge in [0.2, 0.25) is 0 Å². The molecule has 1 heterocycles. The molecule has 1 aliphatic heterocycles. The van der Waals surface area contributed by atoms with Crippen molar-refractivity contribution in [3.05, 3.63) is 63.2 Å². The van der Waals surface area contributed by atoms with E-state index >= 15 is 0 Å². The molecule has 7 heteroatoms. The highest BCUT2D eigenvalue weighted by atomic mass is 16.6. The number of rotatable bonds is 5. The molecule has 0 fully saturated rings. The zero-order valence-corrected chi connectivity index (χ0v) is 14.6. The van der Waals surface area contributed by atoms with Crippen molar-refractivity contribution in [2.24, 2.45) is 0 Å². The Morgan fingerprint density at radius 3 is 2.35 bits per heavy atom. The van der Waals surface area contributed by atoms with Gasteiger partial charge in [-0.05, 0) is 17.0 Å². The molecule has 26 heavy (non-hydrogen) atoms. The number of hydrogen-bond donors (Lipinski definition) is 0. The Morgan fingerprint density at radius 1 is 1.15 bits per heavy atom. The summed E-state index contributed by atoms with van der Waals surface area (Å²) in [5.74, 6) is 0.187. The van der Waals surface area contributed by atoms with Crippen molar-refractivity contribution in [3.63, 3.8) is 0 Å². The van der Waals surface area contributed by atoms with Gasteiger partial charge < -0.3 is 14.2 Å². The highest BCUT2D eigenvalue weighted by Gasteiger charge is 2.27. The minimum atomic E-state index is -0.776. The van der Waals surface area contributed by atoms with Crippen molar-refractivity contribution < 1.29 is 23.9 Å². The van der Waals surface area contributed by atoms with Gasteiger partial charge in [0.25, 0.3) is 5.69 Å². The van der Waals surface area contributed by atoms with Gasteiger partial charge in [-0.3, -0.25) is 10.1 Å². The van der Waals surface area contributed by atoms with Gasteiger partial charge in [0.1, 0.15) is 25.4 Å². The van der Waals surface area contributed by atoms with E-state index in [0.29, 0.717) is 24.9 Å². The minimum Gasteiger partial charge on any atom is -0.486 e. The molecule has 0 bridgehead atoms. The topological polar surface area (TPSA) is 87.9 Å². The number of fused-ring (bicyclic) bond motifs is 1. The maximum Gasteiger partial charge on any atom is 0.345 e. The van der Waals surface area contributed by atoms with E-state index in [1.54, 1.807) is 0 Å². The van der Waals surface area contributed by atoms with Crippen LogP contribution < -0.4 is 9.47 Å². The number of ether oxygens (including phenoxy) is 3. The van der Waals surface area contributed by atoms with Crippen LogP contribution in [0.5, 0.6) is 11.5 Å². The van der Waals surface area contributed by atoms with Gasteiger partial charge in [-0.25, -0.2) is 4.79 Å². The molecular weight excluding hydrogens is 338 g/mol. The lowest BCUT2D eigenvalue weighted by Gasteiger charge is -2.18. The third-order valence-electron chi connectivity index (χ3n) is 4.09. The second kappa shape index (κ2) is 7.43. The largest absolute Gasteiger partial charge is 0.486 e. The summed E-state index contributed by atoms with van der Waals surface area (Å²) in [5, 5.41) is 11.3. The summed E-state index contributed by atoms with van der Waals surface area (Å²) >= 11 is 0. The molecule has 0 atom stereocenters. The first-order valence-electron chi connectivity index (χ1n) is 8.29. The maximum absolute atomic E-state index is 12.4. The molecule has 0 amide bonds. The first-order chi connectivity index (χ1) is 12.5. The summed E-state index contributed by atoms with van der Waals surface area (Å²) in [6.45, 7) is 4.84. The number of hydrogen-bond acceptors (Lipinski definition) is 6. The second-order valence-corrected chi connectivity index (χ2v) is 6.24. The lowest BCUT2D eigenvalue weighted by molar-refractivity contribution is -0.385. The van der Waals surface area contributed by atoms with Gasteiger partial charge in [-0.15, -0.1) is 0 Å². The molecule has 0 aliphatic carbocycles. The zero-order valence-electron chi connectivity index (χ0n) is 14.6. The Bertz CT molecular complexity index is 829. The van der Waals surface area contributed by atoms with E-state index in [9.17, 15) is 14.9 Å². The van der Waals surface area contributed by atoms with Crippen LogP contribution in [0.25, 0.3) is 0 Å². The predicted octanol–water partition coefficient (Wildman–Crippen LogP) is 3.85. The Labute approximate surface area is 150 Å². The summed E-state index contributed by atoms with van der Waals surface area (Å²) < 4.78 is 16.0. The maximum atomic E-state index is 12.4. The fraction of sp³-hybridized carbons (Fsp3) is 0.316. The highest BCUT2D eigenvalue weighted by Crippen LogP contribution is 2.37. The summed E-state index contributed by atoms with van der Waals surface area (Å²) in [6.07, 6.45) is 0. The zero-order chi connectivity index (χ0) is 18.7. The van der Waals surface area contributed by atoms with Crippen molar-refractivity contribution in [1.29, 1.82) is 0 Å². The van der Waals surface area contributed by atoms with Crippen LogP contribution in [0.1, 0.15) is 41.3 Å². The van der Waals surface area contributed by atoms with E-state index in [4.69, 9.17) is 14.2 Å². The quantitative estimate of drug-likeness (QED) is 0.459. The molecule has 0 N–H and O–H groups in total. The first-order valence-corrected chi connectivity index (χ1v) is 8.29. The van der Waals surface area contributed by atoms with Crippen LogP contribution in [0.3, 0.4) is 0 Å². The van der Waals surface area contributed by atoms with E-state index in [1.165, 1.54) is 17.7 Å². The number of esters is 1. The number of nitro benzene ring substituents is 1. The van der Waals surface area contributed by atoms with Gasteiger partial charge >= 0.3 is 5.97 Å². The van der Waals surface area contributed by atoms with Crippen molar-refractivity contribution in [2.45, 2.75) is 26.4 Å². The summed E-state index contributed by atoms with van der Waals surface area (Å²) in [7, 11) is 0. The molecule has 2 aromatic carbocycles. The number of carbonyl (C=O) groups is 1. The summed E-state index contributed by atoms with van der Waals surface area (Å²) in [5.41, 5.74) is 1.47. The van der Waals surface area contributed by atoms with E-state index in [2.05, 4.69) is 13.8 Å². The number of carbonyl (C=O) groups excluding carboxylic acids is 1. The van der Waals surface area contributed by atoms with Crippen molar-refractivity contribution >= 4 is 11.7 Å². The molecule has 0 saturated carbocycles. The van der Waals surface area contributed by atoms with Crippen LogP contribution in [0, 0.1) is 10.1 Å². The molecular formula is C19H19NO6. The van der Waals surface area contributed by atoms with Crippen LogP contribution in [-0.2, 0) is 11.3 Å². The van der Waals surface area contributed by atoms with Crippen LogP contribution in [0.4, 0.5) is 5.69 Å². The van der Waals surface area contributed by atoms with Gasteiger partial charge in [-0.1, -0.05) is 38.1 Å². The molecule has 0 radical (unpaired) electrons. The number of nitrogens with zero attached hydrogens (tertiary/aromatic N) is 1. The molecule has 0 unspecified atom stereocenters. The van der Waals surface area contributed by atoms with Crippen LogP contribution in [0.2, 0.25) is 0 Å². The van der Waals surface area contributed by atoms with Gasteiger partial charge in [0.15, 0.2) is 11.5 Å². The molecule has 1 aliphatic rings. The Morgan fingerprint density at radius 2 is 1.77 bits per heavy atom. The van der Waals surface area contributed by atoms with Gasteiger partial charge in [0.05, 0.1) is 11.0 Å². The fourth-order valence-corrected chi connectivity index (χ4v) is 2.62. The average molecular weight is 357 g/mol. The van der Waals surface area contributed by atoms with E-state index in [1.807, 2.05) is 24.3 Å². The monoisotopic (exact) mass is 357 g/mol.